The summed E-state index contributed by atoms with van der Waals surface area (Å²) in [6.45, 7) is 3.43. The zero-order valence-electron chi connectivity index (χ0n) is 26.6. The minimum absolute atomic E-state index is 0.0455. The number of piperazine rings is 1. The fraction of sp³-hybridized carbons (Fsp3) is 0.600. The van der Waals surface area contributed by atoms with Gasteiger partial charge in [-0.1, -0.05) is 57.2 Å². The van der Waals surface area contributed by atoms with E-state index in [2.05, 4.69) is 0 Å². The Morgan fingerprint density at radius 1 is 0.935 bits per heavy atom. The van der Waals surface area contributed by atoms with Crippen molar-refractivity contribution in [1.82, 2.24) is 19.3 Å². The van der Waals surface area contributed by atoms with Crippen LogP contribution < -0.4 is 5.56 Å². The Morgan fingerprint density at radius 3 is 2.24 bits per heavy atom. The van der Waals surface area contributed by atoms with Gasteiger partial charge < -0.3 is 29.5 Å². The Balaban J connectivity index is 1.30. The molecule has 2 saturated carbocycles. The SMILES string of the molecule is C[C@H](CC1CCC1)C(=O)N1CC[C@@](O)(Cn2cc(C(=O)N3CCN(C(=O)O)CC3)c(-c3ccccc3F)cc2=O)C2(CCCC2)C1. The number of nitrogens with zero attached hydrogens (tertiary/aromatic N) is 4. The number of aromatic nitrogens is 1. The monoisotopic (exact) mass is 636 g/mol. The van der Waals surface area contributed by atoms with E-state index in [9.17, 15) is 29.4 Å². The van der Waals surface area contributed by atoms with E-state index in [1.807, 2.05) is 11.8 Å². The molecule has 2 aliphatic carbocycles. The van der Waals surface area contributed by atoms with E-state index in [1.165, 1.54) is 64.1 Å². The first-order valence-corrected chi connectivity index (χ1v) is 16.8. The molecule has 2 saturated heterocycles. The number of benzene rings is 1. The molecule has 46 heavy (non-hydrogen) atoms. The lowest BCUT2D eigenvalue weighted by Gasteiger charge is -2.53. The number of pyridine rings is 1. The summed E-state index contributed by atoms with van der Waals surface area (Å²) in [6, 6.07) is 7.24. The van der Waals surface area contributed by atoms with Crippen LogP contribution in [0.25, 0.3) is 11.1 Å². The molecule has 4 aliphatic rings. The molecule has 2 aromatic rings. The Bertz CT molecular complexity index is 1540. The van der Waals surface area contributed by atoms with E-state index < -0.39 is 34.4 Å². The van der Waals surface area contributed by atoms with Gasteiger partial charge in [0.1, 0.15) is 5.82 Å². The highest BCUT2D eigenvalue weighted by Gasteiger charge is 2.56. The van der Waals surface area contributed by atoms with Crippen LogP contribution in [0.1, 0.15) is 75.1 Å². The molecule has 1 aromatic heterocycles. The summed E-state index contributed by atoms with van der Waals surface area (Å²) in [5.41, 5.74) is -1.91. The first-order valence-electron chi connectivity index (χ1n) is 16.8. The lowest BCUT2D eigenvalue weighted by Crippen LogP contribution is -2.62. The summed E-state index contributed by atoms with van der Waals surface area (Å²) in [7, 11) is 0. The van der Waals surface area contributed by atoms with Crippen LogP contribution in [0.2, 0.25) is 0 Å². The van der Waals surface area contributed by atoms with Crippen LogP contribution in [-0.2, 0) is 11.3 Å². The van der Waals surface area contributed by atoms with Crippen molar-refractivity contribution in [1.29, 1.82) is 0 Å². The number of halogens is 1. The molecule has 3 heterocycles. The Labute approximate surface area is 268 Å². The van der Waals surface area contributed by atoms with E-state index in [0.717, 1.165) is 32.1 Å². The molecule has 2 aliphatic heterocycles. The molecule has 11 heteroatoms. The van der Waals surface area contributed by atoms with Crippen molar-refractivity contribution in [3.05, 3.63) is 58.3 Å². The smallest absolute Gasteiger partial charge is 0.407 e. The summed E-state index contributed by atoms with van der Waals surface area (Å²) >= 11 is 0. The quantitative estimate of drug-likeness (QED) is 0.464. The highest BCUT2D eigenvalue weighted by molar-refractivity contribution is 6.00. The summed E-state index contributed by atoms with van der Waals surface area (Å²) < 4.78 is 16.4. The number of carbonyl (C=O) groups excluding carboxylic acids is 2. The van der Waals surface area contributed by atoms with Crippen LogP contribution in [0.4, 0.5) is 9.18 Å². The summed E-state index contributed by atoms with van der Waals surface area (Å²) in [4.78, 5) is 57.3. The molecular weight excluding hydrogens is 591 g/mol. The predicted molar refractivity (Wildman–Crippen MR) is 170 cm³/mol. The lowest BCUT2D eigenvalue weighted by atomic mass is 9.65. The van der Waals surface area contributed by atoms with Crippen molar-refractivity contribution in [2.75, 3.05) is 39.3 Å². The molecule has 0 unspecified atom stereocenters. The van der Waals surface area contributed by atoms with Gasteiger partial charge in [0.05, 0.1) is 17.7 Å². The number of hydrogen-bond acceptors (Lipinski definition) is 5. The molecule has 6 rings (SSSR count). The van der Waals surface area contributed by atoms with E-state index >= 15 is 4.39 Å². The first kappa shape index (κ1) is 32.2. The third-order valence-corrected chi connectivity index (χ3v) is 11.3. The Morgan fingerprint density at radius 2 is 1.61 bits per heavy atom. The maximum absolute atomic E-state index is 15.0. The largest absolute Gasteiger partial charge is 0.465 e. The van der Waals surface area contributed by atoms with Gasteiger partial charge in [0.15, 0.2) is 0 Å². The summed E-state index contributed by atoms with van der Waals surface area (Å²) in [5.74, 6) is -0.299. The zero-order chi connectivity index (χ0) is 32.6. The Hall–Kier alpha value is -3.73. The molecule has 248 valence electrons. The van der Waals surface area contributed by atoms with Gasteiger partial charge in [-0.15, -0.1) is 0 Å². The molecule has 3 amide bonds. The van der Waals surface area contributed by atoms with Crippen LogP contribution in [-0.4, -0.2) is 92.3 Å². The van der Waals surface area contributed by atoms with Gasteiger partial charge in [0, 0.05) is 74.0 Å². The molecule has 2 atom stereocenters. The van der Waals surface area contributed by atoms with Gasteiger partial charge in [-0.2, -0.15) is 0 Å². The van der Waals surface area contributed by atoms with Crippen molar-refractivity contribution in [3.8, 4) is 11.1 Å². The van der Waals surface area contributed by atoms with Gasteiger partial charge in [0.2, 0.25) is 5.91 Å². The molecule has 0 radical (unpaired) electrons. The van der Waals surface area contributed by atoms with E-state index in [0.29, 0.717) is 25.4 Å². The average molecular weight is 637 g/mol. The number of hydrogen-bond donors (Lipinski definition) is 2. The maximum atomic E-state index is 15.0. The van der Waals surface area contributed by atoms with Gasteiger partial charge >= 0.3 is 6.09 Å². The normalized spacial score (nSPS) is 23.8. The van der Waals surface area contributed by atoms with Crippen molar-refractivity contribution < 1.29 is 29.0 Å². The van der Waals surface area contributed by atoms with Gasteiger partial charge in [-0.3, -0.25) is 14.4 Å². The van der Waals surface area contributed by atoms with Crippen LogP contribution in [0.3, 0.4) is 0 Å². The number of aliphatic hydroxyl groups is 1. The van der Waals surface area contributed by atoms with Crippen molar-refractivity contribution >= 4 is 17.9 Å². The number of carboxylic acid groups (broad SMARTS) is 1. The topological polar surface area (TPSA) is 123 Å². The van der Waals surface area contributed by atoms with E-state index in [1.54, 1.807) is 6.07 Å². The predicted octanol–water partition coefficient (Wildman–Crippen LogP) is 4.44. The third-order valence-electron chi connectivity index (χ3n) is 11.3. The third kappa shape index (κ3) is 6.06. The standard InChI is InChI=1S/C35H45FN4O6/c1-24(19-25-7-6-8-25)31(42)39-14-13-35(46,34(22-39)11-4-5-12-34)23-40-21-28(32(43)37-15-17-38(18-16-37)33(44)45)27(20-30(40)41)26-9-2-3-10-29(26)36/h2-3,9-10,20-21,24-25,46H,4-8,11-19,22-23H2,1H3,(H,44,45)/t24-,35-/m1/s1. The molecule has 2 N–H and O–H groups in total. The van der Waals surface area contributed by atoms with Gasteiger partial charge in [0.25, 0.3) is 11.5 Å². The molecule has 0 bridgehead atoms. The van der Waals surface area contributed by atoms with Crippen molar-refractivity contribution in [2.24, 2.45) is 17.3 Å². The van der Waals surface area contributed by atoms with Gasteiger partial charge in [-0.05, 0) is 37.7 Å². The second-order valence-electron chi connectivity index (χ2n) is 14.1. The molecule has 1 aromatic carbocycles. The summed E-state index contributed by atoms with van der Waals surface area (Å²) in [5, 5.41) is 21.8. The first-order chi connectivity index (χ1) is 22.0. The highest BCUT2D eigenvalue weighted by Crippen LogP contribution is 2.52. The van der Waals surface area contributed by atoms with Gasteiger partial charge in [-0.25, -0.2) is 9.18 Å². The highest BCUT2D eigenvalue weighted by atomic mass is 19.1. The van der Waals surface area contributed by atoms with Crippen molar-refractivity contribution in [3.63, 3.8) is 0 Å². The number of amides is 3. The summed E-state index contributed by atoms with van der Waals surface area (Å²) in [6.07, 6.45) is 8.55. The van der Waals surface area contributed by atoms with Crippen LogP contribution >= 0.6 is 0 Å². The fourth-order valence-electron chi connectivity index (χ4n) is 8.25. The van der Waals surface area contributed by atoms with E-state index in [-0.39, 0.29) is 61.2 Å². The number of piperidine rings is 1. The second-order valence-corrected chi connectivity index (χ2v) is 14.1. The minimum atomic E-state index is -1.28. The molecule has 1 spiro atoms. The number of carbonyl (C=O) groups is 3. The Kier molecular flexibility index (Phi) is 8.98. The molecule has 10 nitrogen and oxygen atoms in total. The number of rotatable bonds is 7. The van der Waals surface area contributed by atoms with Crippen LogP contribution in [0.15, 0.2) is 41.3 Å². The second kappa shape index (κ2) is 12.8. The van der Waals surface area contributed by atoms with E-state index in [4.69, 9.17) is 0 Å². The van der Waals surface area contributed by atoms with Crippen molar-refractivity contribution in [2.45, 2.75) is 76.9 Å². The fourth-order valence-corrected chi connectivity index (χ4v) is 8.25. The lowest BCUT2D eigenvalue weighted by molar-refractivity contribution is -0.163. The average Bonchev–Trinajstić information content (AvgIpc) is 3.50. The van der Waals surface area contributed by atoms with Crippen LogP contribution in [0.5, 0.6) is 0 Å². The maximum Gasteiger partial charge on any atom is 0.407 e. The minimum Gasteiger partial charge on any atom is -0.465 e. The van der Waals surface area contributed by atoms with Crippen LogP contribution in [0, 0.1) is 23.1 Å². The molecular formula is C35H45FN4O6. The number of likely N-dealkylation sites (tertiary alicyclic amines) is 1. The molecule has 4 fully saturated rings. The zero-order valence-corrected chi connectivity index (χ0v) is 26.6.